The van der Waals surface area contributed by atoms with E-state index in [1.165, 1.54) is 30.4 Å². The van der Waals surface area contributed by atoms with Crippen molar-refractivity contribution in [1.82, 2.24) is 5.32 Å². The normalized spacial score (nSPS) is 19.9. The van der Waals surface area contributed by atoms with Gasteiger partial charge in [-0.15, -0.1) is 0 Å². The summed E-state index contributed by atoms with van der Waals surface area (Å²) < 4.78 is 0. The fourth-order valence-electron chi connectivity index (χ4n) is 2.30. The summed E-state index contributed by atoms with van der Waals surface area (Å²) in [7, 11) is 0. The van der Waals surface area contributed by atoms with Gasteiger partial charge >= 0.3 is 0 Å². The molecule has 0 aromatic heterocycles. The van der Waals surface area contributed by atoms with Gasteiger partial charge in [0.25, 0.3) is 0 Å². The van der Waals surface area contributed by atoms with Crippen molar-refractivity contribution < 1.29 is 0 Å². The molecule has 86 valence electrons. The third-order valence-corrected chi connectivity index (χ3v) is 3.31. The van der Waals surface area contributed by atoms with Gasteiger partial charge in [0, 0.05) is 12.6 Å². The van der Waals surface area contributed by atoms with Crippen molar-refractivity contribution >= 4 is 0 Å². The van der Waals surface area contributed by atoms with Crippen LogP contribution >= 0.6 is 0 Å². The molecule has 1 aromatic rings. The molecule has 0 aliphatic heterocycles. The molecule has 1 aliphatic rings. The highest BCUT2D eigenvalue weighted by Crippen LogP contribution is 2.13. The molecule has 16 heavy (non-hydrogen) atoms. The molecule has 0 saturated heterocycles. The maximum atomic E-state index is 3.63. The van der Waals surface area contributed by atoms with Gasteiger partial charge in [-0.2, -0.15) is 0 Å². The minimum atomic E-state index is 0.582. The number of nitrogens with one attached hydrogen (secondary N) is 1. The van der Waals surface area contributed by atoms with Gasteiger partial charge in [-0.1, -0.05) is 43.3 Å². The molecule has 0 bridgehead atoms. The maximum absolute atomic E-state index is 3.63. The van der Waals surface area contributed by atoms with E-state index in [0.29, 0.717) is 6.04 Å². The molecule has 0 fully saturated rings. The van der Waals surface area contributed by atoms with Crippen molar-refractivity contribution in [3.63, 3.8) is 0 Å². The lowest BCUT2D eigenvalue weighted by Crippen LogP contribution is -2.28. The van der Waals surface area contributed by atoms with Crippen LogP contribution in [0.5, 0.6) is 0 Å². The van der Waals surface area contributed by atoms with E-state index in [-0.39, 0.29) is 0 Å². The first-order valence-corrected chi connectivity index (χ1v) is 6.37. The van der Waals surface area contributed by atoms with Crippen molar-refractivity contribution in [2.75, 3.05) is 0 Å². The fraction of sp³-hybridized carbons (Fsp3) is 0.467. The summed E-state index contributed by atoms with van der Waals surface area (Å²) in [5, 5.41) is 3.63. The van der Waals surface area contributed by atoms with Crippen LogP contribution in [-0.2, 0) is 13.0 Å². The highest BCUT2D eigenvalue weighted by molar-refractivity contribution is 5.27. The lowest BCUT2D eigenvalue weighted by molar-refractivity contribution is 0.521. The topological polar surface area (TPSA) is 12.0 Å². The van der Waals surface area contributed by atoms with Gasteiger partial charge < -0.3 is 5.32 Å². The molecule has 0 amide bonds. The highest BCUT2D eigenvalue weighted by Gasteiger charge is 2.08. The monoisotopic (exact) mass is 215 g/mol. The second-order valence-corrected chi connectivity index (χ2v) is 4.47. The Kier molecular flexibility index (Phi) is 4.17. The molecule has 1 aliphatic carbocycles. The van der Waals surface area contributed by atoms with Gasteiger partial charge in [0.15, 0.2) is 0 Å². The molecule has 1 unspecified atom stereocenters. The van der Waals surface area contributed by atoms with Crippen LogP contribution in [0.3, 0.4) is 0 Å². The Morgan fingerprint density at radius 1 is 1.25 bits per heavy atom. The zero-order chi connectivity index (χ0) is 11.2. The summed E-state index contributed by atoms with van der Waals surface area (Å²) in [5.74, 6) is 0. The van der Waals surface area contributed by atoms with Crippen LogP contribution in [-0.4, -0.2) is 6.04 Å². The van der Waals surface area contributed by atoms with Crippen molar-refractivity contribution in [2.24, 2.45) is 0 Å². The van der Waals surface area contributed by atoms with E-state index in [1.54, 1.807) is 0 Å². The van der Waals surface area contributed by atoms with Gasteiger partial charge in [-0.3, -0.25) is 0 Å². The second kappa shape index (κ2) is 5.86. The largest absolute Gasteiger partial charge is 0.306 e. The number of hydrogen-bond acceptors (Lipinski definition) is 1. The highest BCUT2D eigenvalue weighted by atomic mass is 14.9. The second-order valence-electron chi connectivity index (χ2n) is 4.47. The summed E-state index contributed by atoms with van der Waals surface area (Å²) in [6.45, 7) is 3.22. The first-order valence-electron chi connectivity index (χ1n) is 6.37. The molecule has 0 radical (unpaired) electrons. The zero-order valence-corrected chi connectivity index (χ0v) is 10.1. The molecular formula is C15H21N. The van der Waals surface area contributed by atoms with E-state index in [1.807, 2.05) is 0 Å². The van der Waals surface area contributed by atoms with Crippen LogP contribution in [0.15, 0.2) is 36.4 Å². The third kappa shape index (κ3) is 2.96. The molecule has 1 aromatic carbocycles. The summed E-state index contributed by atoms with van der Waals surface area (Å²) in [5.41, 5.74) is 2.92. The van der Waals surface area contributed by atoms with Crippen LogP contribution in [0.25, 0.3) is 0 Å². The Bertz CT molecular complexity index is 354. The minimum absolute atomic E-state index is 0.582. The molecule has 1 nitrogen and oxygen atoms in total. The summed E-state index contributed by atoms with van der Waals surface area (Å²) in [4.78, 5) is 0. The van der Waals surface area contributed by atoms with E-state index < -0.39 is 0 Å². The summed E-state index contributed by atoms with van der Waals surface area (Å²) >= 11 is 0. The third-order valence-electron chi connectivity index (χ3n) is 3.31. The zero-order valence-electron chi connectivity index (χ0n) is 10.1. The Morgan fingerprint density at radius 3 is 2.75 bits per heavy atom. The van der Waals surface area contributed by atoms with Crippen LogP contribution in [0, 0.1) is 0 Å². The van der Waals surface area contributed by atoms with Crippen molar-refractivity contribution in [1.29, 1.82) is 0 Å². The summed E-state index contributed by atoms with van der Waals surface area (Å²) in [6, 6.07) is 9.31. The molecular weight excluding hydrogens is 194 g/mol. The van der Waals surface area contributed by atoms with Crippen LogP contribution < -0.4 is 5.32 Å². The molecule has 2 rings (SSSR count). The smallest absolute Gasteiger partial charge is 0.0253 e. The van der Waals surface area contributed by atoms with Gasteiger partial charge in [0.1, 0.15) is 0 Å². The molecule has 1 heteroatoms. The van der Waals surface area contributed by atoms with Crippen LogP contribution in [0.1, 0.15) is 37.3 Å². The minimum Gasteiger partial charge on any atom is -0.306 e. The first-order chi connectivity index (χ1) is 7.90. The number of rotatable bonds is 4. The fourth-order valence-corrected chi connectivity index (χ4v) is 2.30. The predicted octanol–water partition coefficient (Wildman–Crippen LogP) is 3.45. The number of benzene rings is 1. The molecule has 0 heterocycles. The van der Waals surface area contributed by atoms with Crippen molar-refractivity contribution in [2.45, 2.75) is 45.2 Å². The van der Waals surface area contributed by atoms with Gasteiger partial charge in [-0.05, 0) is 36.8 Å². The SMILES string of the molecule is CCc1ccccc1CNC1C=CCCC1. The predicted molar refractivity (Wildman–Crippen MR) is 69.4 cm³/mol. The standard InChI is InChI=1S/C15H21N/c1-2-13-8-6-7-9-14(13)12-16-15-10-4-3-5-11-15/h4,6-10,15-16H,2-3,5,11-12H2,1H3. The van der Waals surface area contributed by atoms with E-state index >= 15 is 0 Å². The number of hydrogen-bond donors (Lipinski definition) is 1. The van der Waals surface area contributed by atoms with Gasteiger partial charge in [0.05, 0.1) is 0 Å². The van der Waals surface area contributed by atoms with Gasteiger partial charge in [0.2, 0.25) is 0 Å². The van der Waals surface area contributed by atoms with Crippen LogP contribution in [0.4, 0.5) is 0 Å². The lowest BCUT2D eigenvalue weighted by atomic mass is 10.0. The number of allylic oxidation sites excluding steroid dienone is 1. The van der Waals surface area contributed by atoms with Gasteiger partial charge in [-0.25, -0.2) is 0 Å². The Hall–Kier alpha value is -1.08. The van der Waals surface area contributed by atoms with Crippen molar-refractivity contribution in [3.05, 3.63) is 47.5 Å². The molecule has 0 saturated carbocycles. The maximum Gasteiger partial charge on any atom is 0.0253 e. The molecule has 1 N–H and O–H groups in total. The number of aryl methyl sites for hydroxylation is 1. The van der Waals surface area contributed by atoms with Crippen LogP contribution in [0.2, 0.25) is 0 Å². The average molecular weight is 215 g/mol. The lowest BCUT2D eigenvalue weighted by Gasteiger charge is -2.19. The van der Waals surface area contributed by atoms with E-state index in [2.05, 4.69) is 48.7 Å². The Labute approximate surface area is 98.6 Å². The van der Waals surface area contributed by atoms with E-state index in [9.17, 15) is 0 Å². The summed E-state index contributed by atoms with van der Waals surface area (Å²) in [6.07, 6.45) is 9.60. The Balaban J connectivity index is 1.93. The molecule has 0 spiro atoms. The molecule has 1 atom stereocenters. The Morgan fingerprint density at radius 2 is 2.06 bits per heavy atom. The van der Waals surface area contributed by atoms with E-state index in [4.69, 9.17) is 0 Å². The van der Waals surface area contributed by atoms with Crippen molar-refractivity contribution in [3.8, 4) is 0 Å². The van der Waals surface area contributed by atoms with E-state index in [0.717, 1.165) is 13.0 Å². The average Bonchev–Trinajstić information content (AvgIpc) is 2.38. The first kappa shape index (κ1) is 11.4. The quantitative estimate of drug-likeness (QED) is 0.759.